The molecule has 0 bridgehead atoms. The molecule has 2 aliphatic rings. The Balaban J connectivity index is 1.82. The van der Waals surface area contributed by atoms with Crippen LogP contribution in [0, 0.1) is 5.41 Å². The van der Waals surface area contributed by atoms with Crippen molar-refractivity contribution in [2.24, 2.45) is 5.41 Å². The Morgan fingerprint density at radius 2 is 1.83 bits per heavy atom. The van der Waals surface area contributed by atoms with Gasteiger partial charge in [-0.2, -0.15) is 0 Å². The van der Waals surface area contributed by atoms with E-state index in [2.05, 4.69) is 9.80 Å². The molecule has 2 aliphatic heterocycles. The molecule has 18 heavy (non-hydrogen) atoms. The molecule has 2 fully saturated rings. The highest BCUT2D eigenvalue weighted by Gasteiger charge is 2.36. The van der Waals surface area contributed by atoms with Crippen molar-refractivity contribution in [1.29, 1.82) is 0 Å². The van der Waals surface area contributed by atoms with E-state index in [0.717, 1.165) is 58.7 Å². The van der Waals surface area contributed by atoms with Gasteiger partial charge in [0, 0.05) is 38.2 Å². The van der Waals surface area contributed by atoms with Crippen molar-refractivity contribution in [2.75, 3.05) is 65.7 Å². The number of β-amino-alcohol motifs (C(OH)–C–C–N with tert-alkyl or cyclic N) is 1. The number of nitrogens with zero attached hydrogens (tertiary/aromatic N) is 2. The van der Waals surface area contributed by atoms with Crippen LogP contribution in [0.1, 0.15) is 12.8 Å². The topological polar surface area (TPSA) is 56.2 Å². The first-order chi connectivity index (χ1) is 8.78. The molecule has 2 rings (SSSR count). The Hall–Kier alpha value is -0.200. The van der Waals surface area contributed by atoms with Crippen LogP contribution in [0.2, 0.25) is 0 Å². The molecule has 0 spiro atoms. The number of aliphatic hydroxyl groups is 2. The highest BCUT2D eigenvalue weighted by molar-refractivity contribution is 4.86. The summed E-state index contributed by atoms with van der Waals surface area (Å²) >= 11 is 0. The van der Waals surface area contributed by atoms with Crippen LogP contribution in [0.3, 0.4) is 0 Å². The highest BCUT2D eigenvalue weighted by Crippen LogP contribution is 2.29. The van der Waals surface area contributed by atoms with Gasteiger partial charge in [0.05, 0.1) is 19.8 Å². The number of aliphatic hydroxyl groups excluding tert-OH is 2. The van der Waals surface area contributed by atoms with Crippen molar-refractivity contribution in [1.82, 2.24) is 9.80 Å². The maximum atomic E-state index is 9.60. The molecule has 0 amide bonds. The largest absolute Gasteiger partial charge is 0.396 e. The van der Waals surface area contributed by atoms with Crippen molar-refractivity contribution >= 4 is 0 Å². The molecular formula is C13H26N2O3. The molecule has 1 atom stereocenters. The summed E-state index contributed by atoms with van der Waals surface area (Å²) in [6.45, 7) is 7.87. The predicted molar refractivity (Wildman–Crippen MR) is 69.5 cm³/mol. The Bertz CT molecular complexity index is 244. The van der Waals surface area contributed by atoms with Crippen molar-refractivity contribution < 1.29 is 14.9 Å². The van der Waals surface area contributed by atoms with Crippen LogP contribution in [0.25, 0.3) is 0 Å². The number of hydrogen-bond donors (Lipinski definition) is 2. The first-order valence-electron chi connectivity index (χ1n) is 7.02. The fourth-order valence-corrected chi connectivity index (χ4v) is 2.97. The third kappa shape index (κ3) is 3.65. The van der Waals surface area contributed by atoms with Gasteiger partial charge in [0.15, 0.2) is 0 Å². The number of ether oxygens (including phenoxy) is 1. The van der Waals surface area contributed by atoms with E-state index in [0.29, 0.717) is 6.61 Å². The summed E-state index contributed by atoms with van der Waals surface area (Å²) in [5, 5.41) is 18.6. The molecule has 2 saturated heterocycles. The lowest BCUT2D eigenvalue weighted by Crippen LogP contribution is -2.42. The van der Waals surface area contributed by atoms with E-state index >= 15 is 0 Å². The van der Waals surface area contributed by atoms with Gasteiger partial charge in [0.2, 0.25) is 0 Å². The average Bonchev–Trinajstić information content (AvgIpc) is 2.74. The van der Waals surface area contributed by atoms with E-state index in [1.807, 2.05) is 0 Å². The lowest BCUT2D eigenvalue weighted by atomic mass is 9.87. The minimum atomic E-state index is -0.0356. The molecule has 1 unspecified atom stereocenters. The fourth-order valence-electron chi connectivity index (χ4n) is 2.97. The van der Waals surface area contributed by atoms with Gasteiger partial charge in [-0.3, -0.25) is 4.90 Å². The van der Waals surface area contributed by atoms with Gasteiger partial charge in [-0.15, -0.1) is 0 Å². The molecule has 0 aromatic heterocycles. The monoisotopic (exact) mass is 258 g/mol. The SMILES string of the molecule is OCCN1CCCN(CC2(CO)CCOC2)CC1. The van der Waals surface area contributed by atoms with Crippen LogP contribution >= 0.6 is 0 Å². The summed E-state index contributed by atoms with van der Waals surface area (Å²) in [5.74, 6) is 0. The highest BCUT2D eigenvalue weighted by atomic mass is 16.5. The quantitative estimate of drug-likeness (QED) is 0.689. The first kappa shape index (κ1) is 14.2. The van der Waals surface area contributed by atoms with Gasteiger partial charge in [-0.05, 0) is 25.9 Å². The summed E-state index contributed by atoms with van der Waals surface area (Å²) in [6, 6.07) is 0. The maximum Gasteiger partial charge on any atom is 0.0558 e. The second-order valence-electron chi connectivity index (χ2n) is 5.66. The van der Waals surface area contributed by atoms with Crippen LogP contribution in [0.5, 0.6) is 0 Å². The number of rotatable bonds is 5. The summed E-state index contributed by atoms with van der Waals surface area (Å²) in [6.07, 6.45) is 2.11. The smallest absolute Gasteiger partial charge is 0.0558 e. The van der Waals surface area contributed by atoms with E-state index in [-0.39, 0.29) is 18.6 Å². The van der Waals surface area contributed by atoms with E-state index in [4.69, 9.17) is 9.84 Å². The second kappa shape index (κ2) is 6.82. The summed E-state index contributed by atoms with van der Waals surface area (Å²) in [7, 11) is 0. The Labute approximate surface area is 109 Å². The van der Waals surface area contributed by atoms with E-state index in [9.17, 15) is 5.11 Å². The standard InChI is InChI=1S/C13H26N2O3/c16-8-7-14-3-1-4-15(6-5-14)10-13(11-17)2-9-18-12-13/h16-17H,1-12H2. The van der Waals surface area contributed by atoms with Gasteiger partial charge < -0.3 is 19.8 Å². The van der Waals surface area contributed by atoms with Gasteiger partial charge in [0.1, 0.15) is 0 Å². The van der Waals surface area contributed by atoms with Crippen LogP contribution in [-0.4, -0.2) is 85.7 Å². The zero-order chi connectivity index (χ0) is 12.8. The third-order valence-corrected chi connectivity index (χ3v) is 4.18. The summed E-state index contributed by atoms with van der Waals surface area (Å²) in [4.78, 5) is 4.76. The molecule has 5 heteroatoms. The zero-order valence-electron chi connectivity index (χ0n) is 11.2. The lowest BCUT2D eigenvalue weighted by molar-refractivity contribution is 0.0576. The second-order valence-corrected chi connectivity index (χ2v) is 5.66. The van der Waals surface area contributed by atoms with E-state index in [1.165, 1.54) is 0 Å². The summed E-state index contributed by atoms with van der Waals surface area (Å²) in [5.41, 5.74) is -0.0356. The first-order valence-corrected chi connectivity index (χ1v) is 7.02. The van der Waals surface area contributed by atoms with Crippen LogP contribution in [-0.2, 0) is 4.74 Å². The molecule has 2 heterocycles. The van der Waals surface area contributed by atoms with Crippen LogP contribution in [0.15, 0.2) is 0 Å². The van der Waals surface area contributed by atoms with Gasteiger partial charge in [-0.1, -0.05) is 0 Å². The zero-order valence-corrected chi connectivity index (χ0v) is 11.2. The summed E-state index contributed by atoms with van der Waals surface area (Å²) < 4.78 is 5.45. The minimum absolute atomic E-state index is 0.0356. The molecule has 0 saturated carbocycles. The Morgan fingerprint density at radius 3 is 2.50 bits per heavy atom. The molecule has 5 nitrogen and oxygen atoms in total. The minimum Gasteiger partial charge on any atom is -0.396 e. The van der Waals surface area contributed by atoms with Crippen molar-refractivity contribution in [3.8, 4) is 0 Å². The maximum absolute atomic E-state index is 9.60. The molecule has 0 aliphatic carbocycles. The molecule has 106 valence electrons. The molecule has 0 radical (unpaired) electrons. The molecule has 0 aromatic carbocycles. The van der Waals surface area contributed by atoms with Crippen LogP contribution in [0.4, 0.5) is 0 Å². The number of hydrogen-bond acceptors (Lipinski definition) is 5. The average molecular weight is 258 g/mol. The van der Waals surface area contributed by atoms with Gasteiger partial charge >= 0.3 is 0 Å². The van der Waals surface area contributed by atoms with Crippen LogP contribution < -0.4 is 0 Å². The Morgan fingerprint density at radius 1 is 1.06 bits per heavy atom. The van der Waals surface area contributed by atoms with E-state index in [1.54, 1.807) is 0 Å². The lowest BCUT2D eigenvalue weighted by Gasteiger charge is -2.32. The van der Waals surface area contributed by atoms with Gasteiger partial charge in [0.25, 0.3) is 0 Å². The van der Waals surface area contributed by atoms with Crippen molar-refractivity contribution in [3.05, 3.63) is 0 Å². The normalized spacial score (nSPS) is 31.7. The van der Waals surface area contributed by atoms with Crippen molar-refractivity contribution in [2.45, 2.75) is 12.8 Å². The predicted octanol–water partition coefficient (Wildman–Crippen LogP) is -0.615. The molecule has 0 aromatic rings. The Kier molecular flexibility index (Phi) is 5.38. The molecule has 2 N–H and O–H groups in total. The molecular weight excluding hydrogens is 232 g/mol. The van der Waals surface area contributed by atoms with Gasteiger partial charge in [-0.25, -0.2) is 0 Å². The van der Waals surface area contributed by atoms with E-state index < -0.39 is 0 Å². The van der Waals surface area contributed by atoms with Crippen molar-refractivity contribution in [3.63, 3.8) is 0 Å². The third-order valence-electron chi connectivity index (χ3n) is 4.18. The fraction of sp³-hybridized carbons (Fsp3) is 1.00.